The number of alkyl halides is 1. The Bertz CT molecular complexity index is 671. The largest absolute Gasteiger partial charge is 0.272 e. The van der Waals surface area contributed by atoms with Gasteiger partial charge in [-0.05, 0) is 36.3 Å². The Hall–Kier alpha value is -1.68. The fourth-order valence-corrected chi connectivity index (χ4v) is 4.02. The van der Waals surface area contributed by atoms with Crippen molar-refractivity contribution in [3.8, 4) is 0 Å². The Balaban J connectivity index is 1.72. The first-order valence-corrected chi connectivity index (χ1v) is 8.02. The number of rotatable bonds is 4. The third-order valence-electron chi connectivity index (χ3n) is 4.22. The van der Waals surface area contributed by atoms with Crippen LogP contribution in [0.1, 0.15) is 27.9 Å². The summed E-state index contributed by atoms with van der Waals surface area (Å²) in [5.41, 5.74) is 3.83. The molecule has 0 radical (unpaired) electrons. The van der Waals surface area contributed by atoms with Crippen LogP contribution in [0.5, 0.6) is 0 Å². The molecule has 1 aliphatic carbocycles. The molecule has 3 rings (SSSR count). The van der Waals surface area contributed by atoms with Gasteiger partial charge in [-0.1, -0.05) is 58.4 Å². The number of fused-ring (bicyclic) bond motifs is 1. The number of para-hydroxylation sites is 1. The van der Waals surface area contributed by atoms with E-state index in [0.717, 1.165) is 24.8 Å². The number of nitrogens with zero attached hydrogens (tertiary/aromatic N) is 1. The first kappa shape index (κ1) is 14.3. The van der Waals surface area contributed by atoms with Gasteiger partial charge >= 0.3 is 0 Å². The maximum atomic E-state index is 11.1. The minimum atomic E-state index is -0.287. The lowest BCUT2D eigenvalue weighted by Crippen LogP contribution is -2.05. The van der Waals surface area contributed by atoms with E-state index in [-0.39, 0.29) is 10.6 Å². The molecule has 0 amide bonds. The molecule has 0 N–H and O–H groups in total. The zero-order valence-electron chi connectivity index (χ0n) is 11.5. The first-order chi connectivity index (χ1) is 10.2. The molecule has 0 heterocycles. The predicted octanol–water partition coefficient (Wildman–Crippen LogP) is 4.84. The van der Waals surface area contributed by atoms with E-state index >= 15 is 0 Å². The van der Waals surface area contributed by atoms with Crippen LogP contribution in [0, 0.1) is 16.0 Å². The number of halogens is 1. The maximum absolute atomic E-state index is 11.1. The third kappa shape index (κ3) is 2.86. The number of benzene rings is 2. The molecule has 2 aromatic rings. The highest BCUT2D eigenvalue weighted by Crippen LogP contribution is 2.44. The van der Waals surface area contributed by atoms with Crippen LogP contribution in [0.3, 0.4) is 0 Å². The van der Waals surface area contributed by atoms with Crippen molar-refractivity contribution in [2.45, 2.75) is 24.1 Å². The number of aryl methyl sites for hydroxylation is 1. The van der Waals surface area contributed by atoms with Crippen molar-refractivity contribution in [3.63, 3.8) is 0 Å². The standard InChI is InChI=1S/C17H16BrNO2/c18-17-14(11-13-6-1-3-7-15(13)17)10-9-12-5-2-4-8-16(12)19(20)21/h1-8,14,17H,9-11H2. The fourth-order valence-electron chi connectivity index (χ4n) is 3.12. The van der Waals surface area contributed by atoms with Gasteiger partial charge < -0.3 is 0 Å². The van der Waals surface area contributed by atoms with Gasteiger partial charge in [-0.2, -0.15) is 0 Å². The summed E-state index contributed by atoms with van der Waals surface area (Å²) in [5, 5.41) is 11.1. The monoisotopic (exact) mass is 345 g/mol. The quantitative estimate of drug-likeness (QED) is 0.452. The molecule has 108 valence electrons. The van der Waals surface area contributed by atoms with E-state index in [9.17, 15) is 10.1 Å². The van der Waals surface area contributed by atoms with E-state index < -0.39 is 0 Å². The SMILES string of the molecule is O=[N+]([O-])c1ccccc1CCC1Cc2ccccc2C1Br. The van der Waals surface area contributed by atoms with Gasteiger partial charge in [0.25, 0.3) is 5.69 Å². The van der Waals surface area contributed by atoms with E-state index in [2.05, 4.69) is 40.2 Å². The van der Waals surface area contributed by atoms with Crippen molar-refractivity contribution in [1.82, 2.24) is 0 Å². The fraction of sp³-hybridized carbons (Fsp3) is 0.294. The summed E-state index contributed by atoms with van der Waals surface area (Å²) in [5.74, 6) is 0.502. The van der Waals surface area contributed by atoms with Crippen LogP contribution >= 0.6 is 15.9 Å². The summed E-state index contributed by atoms with van der Waals surface area (Å²) in [7, 11) is 0. The Morgan fingerprint density at radius 2 is 1.86 bits per heavy atom. The molecule has 0 aliphatic heterocycles. The molecular weight excluding hydrogens is 330 g/mol. The van der Waals surface area contributed by atoms with E-state index in [1.165, 1.54) is 11.1 Å². The topological polar surface area (TPSA) is 43.1 Å². The van der Waals surface area contributed by atoms with Gasteiger partial charge in [0.1, 0.15) is 0 Å². The Morgan fingerprint density at radius 1 is 1.14 bits per heavy atom. The van der Waals surface area contributed by atoms with Crippen molar-refractivity contribution in [2.24, 2.45) is 5.92 Å². The lowest BCUT2D eigenvalue weighted by Gasteiger charge is -2.14. The highest BCUT2D eigenvalue weighted by Gasteiger charge is 2.30. The van der Waals surface area contributed by atoms with Crippen LogP contribution in [-0.4, -0.2) is 4.92 Å². The van der Waals surface area contributed by atoms with Crippen molar-refractivity contribution >= 4 is 21.6 Å². The zero-order chi connectivity index (χ0) is 14.8. The number of nitro groups is 1. The molecule has 2 unspecified atom stereocenters. The number of hydrogen-bond acceptors (Lipinski definition) is 2. The predicted molar refractivity (Wildman–Crippen MR) is 86.7 cm³/mol. The van der Waals surface area contributed by atoms with E-state index in [0.29, 0.717) is 10.7 Å². The van der Waals surface area contributed by atoms with Gasteiger partial charge in [0.05, 0.1) is 4.92 Å². The Labute approximate surface area is 132 Å². The molecule has 1 aliphatic rings. The van der Waals surface area contributed by atoms with Crippen LogP contribution in [0.2, 0.25) is 0 Å². The third-order valence-corrected chi connectivity index (χ3v) is 5.46. The van der Waals surface area contributed by atoms with Crippen molar-refractivity contribution in [2.75, 3.05) is 0 Å². The second kappa shape index (κ2) is 5.98. The number of nitro benzene ring substituents is 1. The Kier molecular flexibility index (Phi) is 4.06. The molecule has 0 saturated heterocycles. The maximum Gasteiger partial charge on any atom is 0.272 e. The van der Waals surface area contributed by atoms with Gasteiger partial charge in [0.2, 0.25) is 0 Å². The lowest BCUT2D eigenvalue weighted by atomic mass is 9.96. The molecule has 0 bridgehead atoms. The summed E-state index contributed by atoms with van der Waals surface area (Å²) in [6, 6.07) is 15.5. The molecule has 0 fully saturated rings. The van der Waals surface area contributed by atoms with E-state index in [4.69, 9.17) is 0 Å². The molecule has 0 spiro atoms. The van der Waals surface area contributed by atoms with Crippen LogP contribution in [0.25, 0.3) is 0 Å². The Morgan fingerprint density at radius 3 is 2.62 bits per heavy atom. The summed E-state index contributed by atoms with van der Waals surface area (Å²) in [6.45, 7) is 0. The molecule has 2 aromatic carbocycles. The van der Waals surface area contributed by atoms with Gasteiger partial charge in [-0.3, -0.25) is 10.1 Å². The highest BCUT2D eigenvalue weighted by atomic mass is 79.9. The van der Waals surface area contributed by atoms with Gasteiger partial charge in [-0.15, -0.1) is 0 Å². The normalized spacial score (nSPS) is 20.2. The van der Waals surface area contributed by atoms with Crippen molar-refractivity contribution in [1.29, 1.82) is 0 Å². The minimum Gasteiger partial charge on any atom is -0.258 e. The van der Waals surface area contributed by atoms with Crippen LogP contribution < -0.4 is 0 Å². The van der Waals surface area contributed by atoms with E-state index in [1.807, 2.05) is 12.1 Å². The second-order valence-electron chi connectivity index (χ2n) is 5.49. The number of hydrogen-bond donors (Lipinski definition) is 0. The average Bonchev–Trinajstić information content (AvgIpc) is 2.82. The highest BCUT2D eigenvalue weighted by molar-refractivity contribution is 9.09. The van der Waals surface area contributed by atoms with Crippen LogP contribution in [0.4, 0.5) is 5.69 Å². The lowest BCUT2D eigenvalue weighted by molar-refractivity contribution is -0.385. The summed E-state index contributed by atoms with van der Waals surface area (Å²) < 4.78 is 0. The molecule has 0 saturated carbocycles. The molecule has 0 aromatic heterocycles. The zero-order valence-corrected chi connectivity index (χ0v) is 13.1. The molecule has 2 atom stereocenters. The molecule has 3 nitrogen and oxygen atoms in total. The average molecular weight is 346 g/mol. The minimum absolute atomic E-state index is 0.235. The van der Waals surface area contributed by atoms with Gasteiger partial charge in [-0.25, -0.2) is 0 Å². The second-order valence-corrected chi connectivity index (χ2v) is 6.48. The van der Waals surface area contributed by atoms with Crippen molar-refractivity contribution < 1.29 is 4.92 Å². The molecule has 4 heteroatoms. The van der Waals surface area contributed by atoms with Crippen molar-refractivity contribution in [3.05, 3.63) is 75.3 Å². The molecule has 21 heavy (non-hydrogen) atoms. The van der Waals surface area contributed by atoms with Crippen LogP contribution in [0.15, 0.2) is 48.5 Å². The summed E-state index contributed by atoms with van der Waals surface area (Å²) in [4.78, 5) is 11.1. The summed E-state index contributed by atoms with van der Waals surface area (Å²) in [6.07, 6.45) is 2.75. The van der Waals surface area contributed by atoms with Gasteiger partial charge in [0.15, 0.2) is 0 Å². The smallest absolute Gasteiger partial charge is 0.258 e. The van der Waals surface area contributed by atoms with Gasteiger partial charge in [0, 0.05) is 16.5 Å². The first-order valence-electron chi connectivity index (χ1n) is 7.11. The van der Waals surface area contributed by atoms with E-state index in [1.54, 1.807) is 12.1 Å². The molecular formula is C17H16BrNO2. The van der Waals surface area contributed by atoms with Crippen LogP contribution in [-0.2, 0) is 12.8 Å². The summed E-state index contributed by atoms with van der Waals surface area (Å²) >= 11 is 3.79.